The average Bonchev–Trinajstić information content (AvgIpc) is 2.61. The maximum Gasteiger partial charge on any atom is 0.343 e. The molecule has 5 heteroatoms. The molecule has 1 atom stereocenters. The van der Waals surface area contributed by atoms with Gasteiger partial charge in [-0.2, -0.15) is 0 Å². The van der Waals surface area contributed by atoms with Crippen molar-refractivity contribution in [3.8, 4) is 0 Å². The van der Waals surface area contributed by atoms with Crippen LogP contribution in [0, 0.1) is 6.92 Å². The highest BCUT2D eigenvalue weighted by atomic mass is 16.6. The minimum atomic E-state index is -1.61. The molecule has 0 bridgehead atoms. The van der Waals surface area contributed by atoms with Crippen LogP contribution in [0.1, 0.15) is 25.8 Å². The maximum atomic E-state index is 12.5. The minimum absolute atomic E-state index is 0.252. The zero-order chi connectivity index (χ0) is 17.7. The Morgan fingerprint density at radius 3 is 2.50 bits per heavy atom. The number of hydrogen-bond acceptors (Lipinski definition) is 5. The Kier molecular flexibility index (Phi) is 5.44. The highest BCUT2D eigenvalue weighted by molar-refractivity contribution is 6.09. The van der Waals surface area contributed by atoms with Gasteiger partial charge in [-0.1, -0.05) is 43.3 Å². The second-order valence-electron chi connectivity index (χ2n) is 5.86. The molecule has 5 nitrogen and oxygen atoms in total. The molecule has 0 aliphatic heterocycles. The largest absolute Gasteiger partial charge is 0.467 e. The summed E-state index contributed by atoms with van der Waals surface area (Å²) in [4.78, 5) is 24.8. The highest BCUT2D eigenvalue weighted by Crippen LogP contribution is 2.30. The minimum Gasteiger partial charge on any atom is -0.467 e. The second kappa shape index (κ2) is 7.34. The summed E-state index contributed by atoms with van der Waals surface area (Å²) in [5, 5.41) is 5.02. The Balaban J connectivity index is 2.49. The van der Waals surface area contributed by atoms with Crippen molar-refractivity contribution in [1.82, 2.24) is 0 Å². The summed E-state index contributed by atoms with van der Waals surface area (Å²) in [6, 6.07) is 11.7. The molecule has 0 heterocycles. The molecule has 0 aliphatic carbocycles. The molecule has 2 aromatic rings. The fourth-order valence-electron chi connectivity index (χ4n) is 2.53. The number of methoxy groups -OCH3 is 1. The molecule has 0 aliphatic rings. The van der Waals surface area contributed by atoms with E-state index in [1.54, 1.807) is 0 Å². The van der Waals surface area contributed by atoms with Crippen molar-refractivity contribution in [3.05, 3.63) is 42.0 Å². The molecule has 24 heavy (non-hydrogen) atoms. The first-order valence-electron chi connectivity index (χ1n) is 7.96. The smallest absolute Gasteiger partial charge is 0.343 e. The van der Waals surface area contributed by atoms with Gasteiger partial charge in [-0.05, 0) is 31.2 Å². The summed E-state index contributed by atoms with van der Waals surface area (Å²) in [5.41, 5.74) is 0.0280. The molecular formula is C19H23NO4. The van der Waals surface area contributed by atoms with Crippen LogP contribution in [-0.4, -0.2) is 31.2 Å². The number of anilines is 1. The third kappa shape index (κ3) is 3.35. The molecule has 0 fully saturated rings. The summed E-state index contributed by atoms with van der Waals surface area (Å²) in [7, 11) is 1.26. The summed E-state index contributed by atoms with van der Waals surface area (Å²) in [6.45, 7) is 5.55. The Labute approximate surface area is 141 Å². The number of rotatable bonds is 6. The lowest BCUT2D eigenvalue weighted by atomic mass is 9.98. The van der Waals surface area contributed by atoms with Crippen LogP contribution in [0.3, 0.4) is 0 Å². The van der Waals surface area contributed by atoms with Gasteiger partial charge in [-0.3, -0.25) is 0 Å². The zero-order valence-corrected chi connectivity index (χ0v) is 14.5. The predicted molar refractivity (Wildman–Crippen MR) is 94.0 cm³/mol. The number of carbonyl (C=O) groups excluding carboxylic acids is 2. The molecule has 2 aromatic carbocycles. The number of carbonyl (C=O) groups is 2. The number of esters is 2. The third-order valence-electron chi connectivity index (χ3n) is 3.95. The summed E-state index contributed by atoms with van der Waals surface area (Å²) < 4.78 is 10.0. The molecule has 0 saturated heterocycles. The normalized spacial score (nSPS) is 13.2. The molecule has 0 aromatic heterocycles. The van der Waals surface area contributed by atoms with Gasteiger partial charge >= 0.3 is 11.9 Å². The lowest BCUT2D eigenvalue weighted by Gasteiger charge is -2.28. The molecule has 0 amide bonds. The fourth-order valence-corrected chi connectivity index (χ4v) is 2.53. The molecular weight excluding hydrogens is 306 g/mol. The van der Waals surface area contributed by atoms with Crippen LogP contribution in [0.2, 0.25) is 0 Å². The topological polar surface area (TPSA) is 64.6 Å². The number of hydrogen-bond donors (Lipinski definition) is 1. The van der Waals surface area contributed by atoms with Crippen molar-refractivity contribution in [2.24, 2.45) is 0 Å². The van der Waals surface area contributed by atoms with Crippen molar-refractivity contribution in [2.75, 3.05) is 19.0 Å². The van der Waals surface area contributed by atoms with Crippen LogP contribution in [0.4, 0.5) is 5.69 Å². The molecule has 128 valence electrons. The Morgan fingerprint density at radius 1 is 1.12 bits per heavy atom. The van der Waals surface area contributed by atoms with Gasteiger partial charge in [0, 0.05) is 11.1 Å². The van der Waals surface area contributed by atoms with Crippen LogP contribution in [0.5, 0.6) is 0 Å². The highest BCUT2D eigenvalue weighted by Gasteiger charge is 2.44. The van der Waals surface area contributed by atoms with Gasteiger partial charge in [-0.25, -0.2) is 9.59 Å². The number of aryl methyl sites for hydroxylation is 1. The lowest BCUT2D eigenvalue weighted by Crippen LogP contribution is -2.52. The monoisotopic (exact) mass is 329 g/mol. The maximum absolute atomic E-state index is 12.5. The predicted octanol–water partition coefficient (Wildman–Crippen LogP) is 3.45. The van der Waals surface area contributed by atoms with E-state index in [9.17, 15) is 9.59 Å². The zero-order valence-electron chi connectivity index (χ0n) is 14.5. The molecule has 0 saturated carbocycles. The van der Waals surface area contributed by atoms with Crippen molar-refractivity contribution in [2.45, 2.75) is 32.7 Å². The standard InChI is InChI=1S/C19H23NO4/c1-5-12-24-18(22)19(3,17(21)23-4)20-16-13(2)10-11-14-8-6-7-9-15(14)16/h6-11,20H,5,12H2,1-4H3/t19-/m0/s1. The Hall–Kier alpha value is -2.56. The van der Waals surface area contributed by atoms with E-state index >= 15 is 0 Å². The van der Waals surface area contributed by atoms with Crippen molar-refractivity contribution < 1.29 is 19.1 Å². The van der Waals surface area contributed by atoms with E-state index < -0.39 is 17.5 Å². The Morgan fingerprint density at radius 2 is 1.83 bits per heavy atom. The van der Waals surface area contributed by atoms with E-state index in [2.05, 4.69) is 5.32 Å². The van der Waals surface area contributed by atoms with Gasteiger partial charge in [0.15, 0.2) is 0 Å². The van der Waals surface area contributed by atoms with Crippen LogP contribution < -0.4 is 5.32 Å². The van der Waals surface area contributed by atoms with Crippen LogP contribution >= 0.6 is 0 Å². The summed E-state index contributed by atoms with van der Waals surface area (Å²) in [6.07, 6.45) is 0.677. The quantitative estimate of drug-likeness (QED) is 0.649. The van der Waals surface area contributed by atoms with E-state index in [0.29, 0.717) is 6.42 Å². The first-order valence-corrected chi connectivity index (χ1v) is 7.96. The first-order chi connectivity index (χ1) is 11.4. The van der Waals surface area contributed by atoms with Crippen LogP contribution in [0.15, 0.2) is 36.4 Å². The summed E-state index contributed by atoms with van der Waals surface area (Å²) in [5.74, 6) is -1.33. The molecule has 0 unspecified atom stereocenters. The molecule has 2 rings (SSSR count). The third-order valence-corrected chi connectivity index (χ3v) is 3.95. The van der Waals surface area contributed by atoms with Crippen molar-refractivity contribution in [1.29, 1.82) is 0 Å². The Bertz CT molecular complexity index is 756. The lowest BCUT2D eigenvalue weighted by molar-refractivity contribution is -0.160. The van der Waals surface area contributed by atoms with Gasteiger partial charge in [0.1, 0.15) is 0 Å². The summed E-state index contributed by atoms with van der Waals surface area (Å²) >= 11 is 0. The van der Waals surface area contributed by atoms with E-state index in [-0.39, 0.29) is 6.61 Å². The molecule has 0 spiro atoms. The van der Waals surface area contributed by atoms with Crippen LogP contribution in [0.25, 0.3) is 10.8 Å². The number of benzene rings is 2. The van der Waals surface area contributed by atoms with E-state index in [1.807, 2.05) is 50.2 Å². The first kappa shape index (κ1) is 17.8. The van der Waals surface area contributed by atoms with E-state index in [0.717, 1.165) is 22.0 Å². The number of ether oxygens (including phenoxy) is 2. The number of nitrogens with one attached hydrogen (secondary N) is 1. The number of fused-ring (bicyclic) bond motifs is 1. The molecule has 0 radical (unpaired) electrons. The SMILES string of the molecule is CCCOC(=O)[C@@](C)(Nc1c(C)ccc2ccccc12)C(=O)OC. The van der Waals surface area contributed by atoms with Crippen molar-refractivity contribution in [3.63, 3.8) is 0 Å². The second-order valence-corrected chi connectivity index (χ2v) is 5.86. The van der Waals surface area contributed by atoms with Gasteiger partial charge < -0.3 is 14.8 Å². The van der Waals surface area contributed by atoms with E-state index in [1.165, 1.54) is 14.0 Å². The average molecular weight is 329 g/mol. The van der Waals surface area contributed by atoms with Gasteiger partial charge in [0.2, 0.25) is 5.54 Å². The fraction of sp³-hybridized carbons (Fsp3) is 0.368. The van der Waals surface area contributed by atoms with Crippen LogP contribution in [-0.2, 0) is 19.1 Å². The van der Waals surface area contributed by atoms with Gasteiger partial charge in [-0.15, -0.1) is 0 Å². The van der Waals surface area contributed by atoms with Gasteiger partial charge in [0.25, 0.3) is 0 Å². The molecule has 1 N–H and O–H groups in total. The van der Waals surface area contributed by atoms with Crippen molar-refractivity contribution >= 4 is 28.4 Å². The van der Waals surface area contributed by atoms with E-state index in [4.69, 9.17) is 9.47 Å². The van der Waals surface area contributed by atoms with Gasteiger partial charge in [0.05, 0.1) is 13.7 Å².